The molecule has 0 unspecified atom stereocenters. The number of benzene rings is 1. The molecule has 11 nitrogen and oxygen atoms in total. The smallest absolute Gasteiger partial charge is 0.278 e. The summed E-state index contributed by atoms with van der Waals surface area (Å²) in [5, 5.41) is 41.5. The molecule has 2 aliphatic carbocycles. The Hall–Kier alpha value is -3.78. The molecule has 224 valence electrons. The van der Waals surface area contributed by atoms with E-state index < -0.39 is 40.0 Å². The lowest BCUT2D eigenvalue weighted by Crippen LogP contribution is -2.69. The minimum atomic E-state index is -0.955. The third kappa shape index (κ3) is 5.28. The lowest BCUT2D eigenvalue weighted by molar-refractivity contribution is -0.127. The van der Waals surface area contributed by atoms with Gasteiger partial charge >= 0.3 is 0 Å². The highest BCUT2D eigenvalue weighted by Crippen LogP contribution is 2.42. The van der Waals surface area contributed by atoms with Crippen LogP contribution < -0.4 is 15.8 Å². The first-order valence-electron chi connectivity index (χ1n) is 13.6. The number of nitrogens with zero attached hydrogens (tertiary/aromatic N) is 3. The fourth-order valence-corrected chi connectivity index (χ4v) is 6.45. The number of hydrogen-bond acceptors (Lipinski definition) is 9. The van der Waals surface area contributed by atoms with E-state index in [4.69, 9.17) is 10.8 Å². The average molecular weight is 603 g/mol. The second-order valence-corrected chi connectivity index (χ2v) is 12.4. The van der Waals surface area contributed by atoms with Crippen LogP contribution in [0.1, 0.15) is 60.1 Å². The van der Waals surface area contributed by atoms with Gasteiger partial charge in [-0.15, -0.1) is 0 Å². The molecule has 1 aliphatic heterocycles. The van der Waals surface area contributed by atoms with E-state index in [1.807, 2.05) is 0 Å². The summed E-state index contributed by atoms with van der Waals surface area (Å²) >= 11 is 0.583. The number of aromatic nitrogens is 1. The number of carbonyl (C=O) groups is 2. The number of halogens is 2. The number of aromatic hydroxyl groups is 1. The van der Waals surface area contributed by atoms with Gasteiger partial charge in [0.25, 0.3) is 5.91 Å². The Bertz CT molecular complexity index is 1550. The van der Waals surface area contributed by atoms with E-state index >= 15 is 0 Å². The summed E-state index contributed by atoms with van der Waals surface area (Å²) in [6.45, 7) is 0.217. The fraction of sp³-hybridized carbons (Fsp3) is 0.464. The van der Waals surface area contributed by atoms with Crippen LogP contribution in [0.4, 0.5) is 8.78 Å². The van der Waals surface area contributed by atoms with Crippen LogP contribution >= 0.6 is 11.8 Å². The van der Waals surface area contributed by atoms with E-state index in [1.165, 1.54) is 21.8 Å². The SMILES string of the molecule is CN1C(=O)c2c(O)c(=O)c(C(=N)SC(=N)Cc3ccc(F)cc3F)cn2N(C)C12CCC(C(=O)NCC1(O)CC1)CC2. The number of thioether (sulfide) groups is 1. The minimum Gasteiger partial charge on any atom is -0.502 e. The molecule has 2 heterocycles. The van der Waals surface area contributed by atoms with Gasteiger partial charge in [0.05, 0.1) is 16.2 Å². The molecule has 2 fully saturated rings. The van der Waals surface area contributed by atoms with E-state index in [2.05, 4.69) is 5.32 Å². The second-order valence-electron chi connectivity index (χ2n) is 11.3. The summed E-state index contributed by atoms with van der Waals surface area (Å²) < 4.78 is 28.6. The van der Waals surface area contributed by atoms with Crippen molar-refractivity contribution in [2.75, 3.05) is 25.6 Å². The Morgan fingerprint density at radius 2 is 1.81 bits per heavy atom. The molecule has 0 radical (unpaired) electrons. The maximum atomic E-state index is 14.1. The van der Waals surface area contributed by atoms with E-state index in [-0.39, 0.29) is 51.7 Å². The molecule has 2 saturated carbocycles. The van der Waals surface area contributed by atoms with E-state index in [0.717, 1.165) is 6.07 Å². The minimum absolute atomic E-state index is 0.0507. The molecule has 2 aromatic rings. The van der Waals surface area contributed by atoms with Gasteiger partial charge in [0.15, 0.2) is 11.4 Å². The number of rotatable bonds is 6. The van der Waals surface area contributed by atoms with Gasteiger partial charge in [0, 0.05) is 45.2 Å². The highest BCUT2D eigenvalue weighted by molar-refractivity contribution is 8.26. The van der Waals surface area contributed by atoms with Crippen LogP contribution in [0.5, 0.6) is 5.75 Å². The van der Waals surface area contributed by atoms with Crippen molar-refractivity contribution >= 4 is 33.7 Å². The lowest BCUT2D eigenvalue weighted by atomic mass is 9.79. The molecule has 14 heteroatoms. The van der Waals surface area contributed by atoms with Crippen molar-refractivity contribution in [1.29, 1.82) is 10.8 Å². The van der Waals surface area contributed by atoms with Crippen molar-refractivity contribution in [2.45, 2.75) is 56.2 Å². The van der Waals surface area contributed by atoms with Crippen LogP contribution in [0.15, 0.2) is 29.2 Å². The van der Waals surface area contributed by atoms with Crippen LogP contribution in [0, 0.1) is 28.4 Å². The molecule has 0 saturated heterocycles. The van der Waals surface area contributed by atoms with Gasteiger partial charge in [0.1, 0.15) is 22.3 Å². The van der Waals surface area contributed by atoms with Crippen molar-refractivity contribution < 1.29 is 28.6 Å². The maximum Gasteiger partial charge on any atom is 0.278 e. The molecule has 0 atom stereocenters. The molecule has 5 N–H and O–H groups in total. The number of hydrogen-bond donors (Lipinski definition) is 5. The van der Waals surface area contributed by atoms with Gasteiger partial charge in [0.2, 0.25) is 11.3 Å². The Morgan fingerprint density at radius 3 is 2.43 bits per heavy atom. The van der Waals surface area contributed by atoms with Crippen molar-refractivity contribution in [3.8, 4) is 5.75 Å². The summed E-state index contributed by atoms with van der Waals surface area (Å²) in [7, 11) is 3.27. The molecular formula is C28H32F2N6O5S. The third-order valence-electron chi connectivity index (χ3n) is 8.63. The second kappa shape index (κ2) is 10.8. The summed E-state index contributed by atoms with van der Waals surface area (Å²) in [6.07, 6.45) is 4.12. The quantitative estimate of drug-likeness (QED) is 0.250. The topological polar surface area (TPSA) is 163 Å². The number of amides is 2. The fourth-order valence-electron chi connectivity index (χ4n) is 5.72. The predicted molar refractivity (Wildman–Crippen MR) is 153 cm³/mol. The standard InChI is InChI=1S/C28H32F2N6O5S/c1-34-26(40)21-23(38)22(37)18(24(32)42-20(31)11-16-3-4-17(29)12-19(16)30)13-36(21)35(2)28(34)7-5-15(6-8-28)25(39)33-14-27(41)9-10-27/h3-4,12-13,15,31-32,38,41H,5-11,14H2,1-2H3,(H,33,39). The summed E-state index contributed by atoms with van der Waals surface area (Å²) in [6, 6.07) is 2.96. The largest absolute Gasteiger partial charge is 0.502 e. The van der Waals surface area contributed by atoms with Crippen LogP contribution in [0.25, 0.3) is 0 Å². The number of fused-ring (bicyclic) bond motifs is 1. The highest BCUT2D eigenvalue weighted by atomic mass is 32.2. The number of pyridine rings is 1. The Labute approximate surface area is 244 Å². The first-order valence-corrected chi connectivity index (χ1v) is 14.4. The zero-order chi connectivity index (χ0) is 30.6. The van der Waals surface area contributed by atoms with E-state index in [0.29, 0.717) is 56.4 Å². The van der Waals surface area contributed by atoms with E-state index in [1.54, 1.807) is 19.1 Å². The van der Waals surface area contributed by atoms with Gasteiger partial charge < -0.3 is 20.4 Å². The van der Waals surface area contributed by atoms with Crippen LogP contribution in [-0.4, -0.2) is 73.6 Å². The molecule has 42 heavy (non-hydrogen) atoms. The maximum absolute atomic E-state index is 14.1. The normalized spacial score (nSPS) is 22.6. The number of aliphatic hydroxyl groups is 1. The zero-order valence-electron chi connectivity index (χ0n) is 23.2. The van der Waals surface area contributed by atoms with Crippen LogP contribution in [0.3, 0.4) is 0 Å². The van der Waals surface area contributed by atoms with Gasteiger partial charge in [-0.3, -0.25) is 34.9 Å². The summed E-state index contributed by atoms with van der Waals surface area (Å²) in [5.74, 6) is -3.45. The number of nitrogens with one attached hydrogen (secondary N) is 3. The molecule has 1 spiro atoms. The molecule has 0 bridgehead atoms. The first-order chi connectivity index (χ1) is 19.8. The summed E-state index contributed by atoms with van der Waals surface area (Å²) in [5.41, 5.74) is -3.10. The Kier molecular flexibility index (Phi) is 7.64. The number of carbonyl (C=O) groups excluding carboxylic acids is 2. The van der Waals surface area contributed by atoms with Gasteiger partial charge in [-0.2, -0.15) is 0 Å². The van der Waals surface area contributed by atoms with Crippen LogP contribution in [0.2, 0.25) is 0 Å². The van der Waals surface area contributed by atoms with Crippen molar-refractivity contribution in [3.63, 3.8) is 0 Å². The van der Waals surface area contributed by atoms with Crippen molar-refractivity contribution in [3.05, 3.63) is 63.1 Å². The molecule has 3 aliphatic rings. The van der Waals surface area contributed by atoms with Gasteiger partial charge in [-0.05, 0) is 50.2 Å². The Morgan fingerprint density at radius 1 is 1.14 bits per heavy atom. The monoisotopic (exact) mass is 602 g/mol. The van der Waals surface area contributed by atoms with Crippen molar-refractivity contribution in [1.82, 2.24) is 14.9 Å². The summed E-state index contributed by atoms with van der Waals surface area (Å²) in [4.78, 5) is 40.7. The zero-order valence-corrected chi connectivity index (χ0v) is 24.0. The third-order valence-corrected chi connectivity index (χ3v) is 9.45. The molecule has 1 aromatic heterocycles. The predicted octanol–water partition coefficient (Wildman–Crippen LogP) is 2.29. The Balaban J connectivity index is 1.35. The van der Waals surface area contributed by atoms with E-state index in [9.17, 15) is 33.4 Å². The van der Waals surface area contributed by atoms with Crippen molar-refractivity contribution in [2.24, 2.45) is 5.92 Å². The average Bonchev–Trinajstić information content (AvgIpc) is 3.69. The van der Waals surface area contributed by atoms with Crippen LogP contribution in [-0.2, 0) is 11.2 Å². The molecule has 2 amide bonds. The van der Waals surface area contributed by atoms with Gasteiger partial charge in [-0.1, -0.05) is 17.8 Å². The highest BCUT2D eigenvalue weighted by Gasteiger charge is 2.51. The van der Waals surface area contributed by atoms with Gasteiger partial charge in [-0.25, -0.2) is 8.78 Å². The molecule has 1 aromatic carbocycles. The first kappa shape index (κ1) is 29.7. The molecular weight excluding hydrogens is 570 g/mol. The molecule has 5 rings (SSSR count). The lowest BCUT2D eigenvalue weighted by Gasteiger charge is -2.55.